The van der Waals surface area contributed by atoms with E-state index in [0.717, 1.165) is 12.8 Å². The zero-order chi connectivity index (χ0) is 36.9. The van der Waals surface area contributed by atoms with Gasteiger partial charge in [0.05, 0.1) is 33.3 Å². The summed E-state index contributed by atoms with van der Waals surface area (Å²) < 4.78 is 11.8. The standard InChI is InChI=1S/C40H56N2O8/c1-10-11-14-23-32(35(45)49-41-37(2,3)24-30(25-38(41,4)5)47-33(43)28-19-15-12-16-20-28)36(46)50-42-39(6,7)26-31(27-40(42,8)9)48-34(44)29-21-17-13-18-22-29/h12-13,15-22,30-32H,10-11,14,23-27H2,1-9H3. The summed E-state index contributed by atoms with van der Waals surface area (Å²) in [5.41, 5.74) is -1.87. The Balaban J connectivity index is 1.46. The molecule has 0 unspecified atom stereocenters. The monoisotopic (exact) mass is 692 g/mol. The summed E-state index contributed by atoms with van der Waals surface area (Å²) in [4.78, 5) is 66.0. The van der Waals surface area contributed by atoms with Gasteiger partial charge in [-0.1, -0.05) is 62.6 Å². The fraction of sp³-hybridized carbons (Fsp3) is 0.600. The highest BCUT2D eigenvalue weighted by atomic mass is 16.7. The fourth-order valence-corrected chi connectivity index (χ4v) is 7.83. The van der Waals surface area contributed by atoms with Gasteiger partial charge in [0.15, 0.2) is 5.92 Å². The van der Waals surface area contributed by atoms with Crippen LogP contribution in [0, 0.1) is 5.92 Å². The van der Waals surface area contributed by atoms with Gasteiger partial charge in [0.25, 0.3) is 0 Å². The molecular formula is C40H56N2O8. The lowest BCUT2D eigenvalue weighted by Gasteiger charge is -2.53. The molecule has 0 radical (unpaired) electrons. The molecule has 0 spiro atoms. The van der Waals surface area contributed by atoms with E-state index in [1.54, 1.807) is 58.7 Å². The van der Waals surface area contributed by atoms with Crippen LogP contribution in [0.2, 0.25) is 0 Å². The SMILES string of the molecule is CCCCCC(C(=O)ON1C(C)(C)CC(OC(=O)c2ccccc2)CC1(C)C)C(=O)ON1C(C)(C)CC(OC(=O)c2ccccc2)CC1(C)C. The Morgan fingerprint density at radius 1 is 0.600 bits per heavy atom. The number of unbranched alkanes of at least 4 members (excludes halogenated alkanes) is 2. The predicted octanol–water partition coefficient (Wildman–Crippen LogP) is 7.86. The maximum Gasteiger partial charge on any atom is 0.339 e. The topological polar surface area (TPSA) is 112 Å². The van der Waals surface area contributed by atoms with Crippen LogP contribution in [0.5, 0.6) is 0 Å². The van der Waals surface area contributed by atoms with Crippen LogP contribution in [0.25, 0.3) is 0 Å². The molecule has 50 heavy (non-hydrogen) atoms. The summed E-state index contributed by atoms with van der Waals surface area (Å²) >= 11 is 0. The van der Waals surface area contributed by atoms with Gasteiger partial charge in [-0.05, 0) is 86.1 Å². The molecule has 0 bridgehead atoms. The van der Waals surface area contributed by atoms with Crippen molar-refractivity contribution in [3.05, 3.63) is 71.8 Å². The van der Waals surface area contributed by atoms with Crippen LogP contribution in [0.4, 0.5) is 0 Å². The number of hydrogen-bond donors (Lipinski definition) is 0. The highest BCUT2D eigenvalue weighted by Gasteiger charge is 2.52. The second-order valence-corrected chi connectivity index (χ2v) is 16.3. The number of nitrogens with zero attached hydrogens (tertiary/aromatic N) is 2. The minimum Gasteiger partial charge on any atom is -0.459 e. The molecule has 0 aromatic heterocycles. The Morgan fingerprint density at radius 3 is 1.26 bits per heavy atom. The number of benzene rings is 2. The van der Waals surface area contributed by atoms with Gasteiger partial charge in [0, 0.05) is 25.7 Å². The first kappa shape index (κ1) is 39.0. The maximum atomic E-state index is 14.0. The second kappa shape index (κ2) is 15.6. The molecule has 2 aromatic rings. The van der Waals surface area contributed by atoms with Crippen molar-refractivity contribution in [3.63, 3.8) is 0 Å². The third-order valence-corrected chi connectivity index (χ3v) is 9.70. The summed E-state index contributed by atoms with van der Waals surface area (Å²) in [6.07, 6.45) is 3.63. The molecule has 274 valence electrons. The Hall–Kier alpha value is -3.76. The van der Waals surface area contributed by atoms with E-state index in [0.29, 0.717) is 43.2 Å². The average molecular weight is 693 g/mol. The molecule has 2 heterocycles. The van der Waals surface area contributed by atoms with Gasteiger partial charge in [0.2, 0.25) is 0 Å². The van der Waals surface area contributed by atoms with E-state index in [2.05, 4.69) is 6.92 Å². The minimum absolute atomic E-state index is 0.281. The van der Waals surface area contributed by atoms with Crippen molar-refractivity contribution >= 4 is 23.9 Å². The van der Waals surface area contributed by atoms with Crippen LogP contribution in [0.3, 0.4) is 0 Å². The largest absolute Gasteiger partial charge is 0.459 e. The lowest BCUT2D eigenvalue weighted by molar-refractivity contribution is -0.289. The van der Waals surface area contributed by atoms with Crippen molar-refractivity contribution in [2.75, 3.05) is 0 Å². The number of ether oxygens (including phenoxy) is 2. The van der Waals surface area contributed by atoms with E-state index in [1.807, 2.05) is 67.5 Å². The van der Waals surface area contributed by atoms with Gasteiger partial charge >= 0.3 is 23.9 Å². The highest BCUT2D eigenvalue weighted by molar-refractivity contribution is 5.94. The molecule has 0 N–H and O–H groups in total. The fourth-order valence-electron chi connectivity index (χ4n) is 7.83. The summed E-state index contributed by atoms with van der Waals surface area (Å²) in [5.74, 6) is -3.28. The zero-order valence-electron chi connectivity index (χ0n) is 31.3. The number of piperidine rings is 2. The number of rotatable bonds is 12. The van der Waals surface area contributed by atoms with Crippen LogP contribution in [0.15, 0.2) is 60.7 Å². The first-order valence-electron chi connectivity index (χ1n) is 17.9. The van der Waals surface area contributed by atoms with Crippen molar-refractivity contribution < 1.29 is 38.3 Å². The van der Waals surface area contributed by atoms with E-state index >= 15 is 0 Å². The number of carbonyl (C=O) groups is 4. The molecule has 2 aromatic carbocycles. The summed E-state index contributed by atoms with van der Waals surface area (Å²) in [5, 5.41) is 3.32. The van der Waals surface area contributed by atoms with Crippen molar-refractivity contribution in [3.8, 4) is 0 Å². The molecule has 2 aliphatic rings. The molecular weight excluding hydrogens is 636 g/mol. The second-order valence-electron chi connectivity index (χ2n) is 16.3. The molecule has 0 saturated carbocycles. The van der Waals surface area contributed by atoms with Gasteiger partial charge in [-0.2, -0.15) is 0 Å². The third-order valence-electron chi connectivity index (χ3n) is 9.70. The van der Waals surface area contributed by atoms with E-state index in [9.17, 15) is 19.2 Å². The van der Waals surface area contributed by atoms with Gasteiger partial charge < -0.3 is 19.1 Å². The van der Waals surface area contributed by atoms with Crippen molar-refractivity contribution in [1.29, 1.82) is 0 Å². The van der Waals surface area contributed by atoms with Crippen molar-refractivity contribution in [1.82, 2.24) is 10.1 Å². The van der Waals surface area contributed by atoms with Gasteiger partial charge in [-0.25, -0.2) is 19.2 Å². The molecule has 2 saturated heterocycles. The smallest absolute Gasteiger partial charge is 0.339 e. The molecule has 10 heteroatoms. The van der Waals surface area contributed by atoms with Crippen molar-refractivity contribution in [2.45, 2.75) is 148 Å². The van der Waals surface area contributed by atoms with Gasteiger partial charge in [0.1, 0.15) is 12.2 Å². The van der Waals surface area contributed by atoms with Gasteiger partial charge in [-0.15, -0.1) is 10.1 Å². The quantitative estimate of drug-likeness (QED) is 0.124. The molecule has 0 aliphatic carbocycles. The van der Waals surface area contributed by atoms with Gasteiger partial charge in [-0.3, -0.25) is 0 Å². The first-order valence-corrected chi connectivity index (χ1v) is 17.9. The van der Waals surface area contributed by atoms with E-state index < -0.39 is 64.2 Å². The molecule has 2 aliphatic heterocycles. The maximum absolute atomic E-state index is 14.0. The molecule has 0 amide bonds. The van der Waals surface area contributed by atoms with Crippen molar-refractivity contribution in [2.24, 2.45) is 5.92 Å². The molecule has 4 rings (SSSR count). The Kier molecular flexibility index (Phi) is 12.2. The lowest BCUT2D eigenvalue weighted by Crippen LogP contribution is -2.64. The zero-order valence-corrected chi connectivity index (χ0v) is 31.3. The van der Waals surface area contributed by atoms with E-state index in [-0.39, 0.29) is 6.42 Å². The molecule has 10 nitrogen and oxygen atoms in total. The Bertz CT molecular complexity index is 1340. The minimum atomic E-state index is -1.15. The average Bonchev–Trinajstić information content (AvgIpc) is 3.02. The Morgan fingerprint density at radius 2 is 0.940 bits per heavy atom. The normalized spacial score (nSPS) is 20.5. The lowest BCUT2D eigenvalue weighted by atomic mass is 9.80. The van der Waals surface area contributed by atoms with Crippen LogP contribution in [-0.4, -0.2) is 68.4 Å². The number of hydroxylamine groups is 4. The van der Waals surface area contributed by atoms with E-state index in [4.69, 9.17) is 19.1 Å². The summed E-state index contributed by atoms with van der Waals surface area (Å²) in [6, 6.07) is 17.7. The number of esters is 2. The first-order chi connectivity index (χ1) is 23.4. The van der Waals surface area contributed by atoms with E-state index in [1.165, 1.54) is 0 Å². The molecule has 2 fully saturated rings. The van der Waals surface area contributed by atoms with Crippen LogP contribution in [0.1, 0.15) is 134 Å². The van der Waals surface area contributed by atoms with Crippen LogP contribution >= 0.6 is 0 Å². The van der Waals surface area contributed by atoms with Crippen LogP contribution < -0.4 is 0 Å². The number of carbonyl (C=O) groups excluding carboxylic acids is 4. The van der Waals surface area contributed by atoms with Crippen LogP contribution in [-0.2, 0) is 28.7 Å². The third kappa shape index (κ3) is 9.51. The summed E-state index contributed by atoms with van der Waals surface area (Å²) in [7, 11) is 0. The predicted molar refractivity (Wildman–Crippen MR) is 190 cm³/mol. The highest BCUT2D eigenvalue weighted by Crippen LogP contribution is 2.42. The summed E-state index contributed by atoms with van der Waals surface area (Å²) in [6.45, 7) is 17.6. The Labute approximate surface area is 297 Å². The number of hydrogen-bond acceptors (Lipinski definition) is 10. The molecule has 0 atom stereocenters.